The highest BCUT2D eigenvalue weighted by Crippen LogP contribution is 2.45. The van der Waals surface area contributed by atoms with Crippen molar-refractivity contribution in [2.24, 2.45) is 0 Å². The molecule has 0 unspecified atom stereocenters. The van der Waals surface area contributed by atoms with Crippen LogP contribution in [-0.2, 0) is 14.3 Å². The van der Waals surface area contributed by atoms with Gasteiger partial charge in [-0.3, -0.25) is 0 Å². The van der Waals surface area contributed by atoms with Gasteiger partial charge in [0.15, 0.2) is 0 Å². The summed E-state index contributed by atoms with van der Waals surface area (Å²) in [5.74, 6) is 0.311. The minimum absolute atomic E-state index is 0.00924. The van der Waals surface area contributed by atoms with Crippen molar-refractivity contribution >= 4 is 17.6 Å². The first-order valence-electron chi connectivity index (χ1n) is 9.42. The van der Waals surface area contributed by atoms with Crippen molar-refractivity contribution in [3.05, 3.63) is 22.6 Å². The molecule has 3 aliphatic heterocycles. The average Bonchev–Trinajstić information content (AvgIpc) is 3.18. The van der Waals surface area contributed by atoms with E-state index < -0.39 is 0 Å². The summed E-state index contributed by atoms with van der Waals surface area (Å²) < 4.78 is 15.8. The molecule has 4 heterocycles. The zero-order valence-electron chi connectivity index (χ0n) is 16.0. The molecule has 2 amide bonds. The normalized spacial score (nSPS) is 25.1. The van der Waals surface area contributed by atoms with Gasteiger partial charge in [0.05, 0.1) is 37.6 Å². The number of hydrogen-bond acceptors (Lipinski definition) is 6. The van der Waals surface area contributed by atoms with E-state index in [0.717, 1.165) is 29.7 Å². The van der Waals surface area contributed by atoms with Crippen LogP contribution in [-0.4, -0.2) is 72.5 Å². The van der Waals surface area contributed by atoms with Gasteiger partial charge in [-0.1, -0.05) is 5.16 Å². The maximum atomic E-state index is 13.2. The van der Waals surface area contributed by atoms with E-state index in [1.807, 2.05) is 23.6 Å². The monoisotopic (exact) mass is 375 g/mol. The summed E-state index contributed by atoms with van der Waals surface area (Å²) in [6.45, 7) is 6.01. The summed E-state index contributed by atoms with van der Waals surface area (Å²) in [6.07, 6.45) is 2.24. The molecule has 0 N–H and O–H groups in total. The number of fused-ring (bicyclic) bond motifs is 2. The van der Waals surface area contributed by atoms with Crippen molar-refractivity contribution < 1.29 is 23.6 Å². The summed E-state index contributed by atoms with van der Waals surface area (Å²) in [4.78, 5) is 29.6. The molecule has 0 saturated carbocycles. The lowest BCUT2D eigenvalue weighted by Crippen LogP contribution is -2.54. The number of ether oxygens (including phenoxy) is 2. The van der Waals surface area contributed by atoms with Crippen molar-refractivity contribution in [2.75, 3.05) is 33.4 Å². The third-order valence-electron chi connectivity index (χ3n) is 5.84. The van der Waals surface area contributed by atoms with Crippen LogP contribution in [0.2, 0.25) is 0 Å². The molecule has 0 spiro atoms. The third-order valence-corrected chi connectivity index (χ3v) is 5.84. The Balaban J connectivity index is 1.75. The van der Waals surface area contributed by atoms with Gasteiger partial charge in [-0.2, -0.15) is 0 Å². The second-order valence-electron chi connectivity index (χ2n) is 7.32. The zero-order valence-corrected chi connectivity index (χ0v) is 16.0. The van der Waals surface area contributed by atoms with E-state index in [1.165, 1.54) is 7.11 Å². The van der Waals surface area contributed by atoms with E-state index in [4.69, 9.17) is 14.0 Å². The number of methoxy groups -OCH3 is 1. The summed E-state index contributed by atoms with van der Waals surface area (Å²) in [7, 11) is 1.38. The van der Waals surface area contributed by atoms with Gasteiger partial charge in [0.25, 0.3) is 0 Å². The fourth-order valence-electron chi connectivity index (χ4n) is 4.64. The van der Waals surface area contributed by atoms with Crippen molar-refractivity contribution in [3.8, 4) is 0 Å². The van der Waals surface area contributed by atoms with Crippen LogP contribution >= 0.6 is 0 Å². The summed E-state index contributed by atoms with van der Waals surface area (Å²) in [5, 5.41) is 4.05. The molecule has 27 heavy (non-hydrogen) atoms. The molecule has 0 aromatic carbocycles. The number of hydrogen-bond donors (Lipinski definition) is 0. The Kier molecular flexibility index (Phi) is 4.67. The van der Waals surface area contributed by atoms with Crippen molar-refractivity contribution in [1.82, 2.24) is 15.0 Å². The average molecular weight is 375 g/mol. The number of nitrogens with zero attached hydrogens (tertiary/aromatic N) is 3. The number of morpholine rings is 1. The molecule has 2 atom stereocenters. The lowest BCUT2D eigenvalue weighted by atomic mass is 9.87. The molecule has 1 aromatic rings. The summed E-state index contributed by atoms with van der Waals surface area (Å²) in [6, 6.07) is -0.206. The number of urea groups is 1. The van der Waals surface area contributed by atoms with Crippen LogP contribution in [0.5, 0.6) is 0 Å². The molecule has 2 bridgehead atoms. The first-order chi connectivity index (χ1) is 13.0. The van der Waals surface area contributed by atoms with Crippen LogP contribution in [0.1, 0.15) is 36.3 Å². The Hall–Kier alpha value is -2.35. The van der Waals surface area contributed by atoms with Gasteiger partial charge in [0.1, 0.15) is 5.76 Å². The Bertz CT molecular complexity index is 774. The lowest BCUT2D eigenvalue weighted by molar-refractivity contribution is -0.136. The number of aryl methyl sites for hydroxylation is 2. The van der Waals surface area contributed by atoms with Gasteiger partial charge in [-0.25, -0.2) is 9.59 Å². The van der Waals surface area contributed by atoms with Crippen LogP contribution in [0.15, 0.2) is 10.1 Å². The highest BCUT2D eigenvalue weighted by molar-refractivity contribution is 6.01. The first kappa shape index (κ1) is 18.0. The Labute approximate surface area is 158 Å². The number of carbonyl (C=O) groups is 2. The highest BCUT2D eigenvalue weighted by Gasteiger charge is 2.48. The maximum Gasteiger partial charge on any atom is 0.336 e. The van der Waals surface area contributed by atoms with Crippen molar-refractivity contribution in [2.45, 2.75) is 45.2 Å². The Morgan fingerprint density at radius 3 is 2.56 bits per heavy atom. The second kappa shape index (κ2) is 6.99. The van der Waals surface area contributed by atoms with Crippen molar-refractivity contribution in [1.29, 1.82) is 0 Å². The van der Waals surface area contributed by atoms with E-state index in [-0.39, 0.29) is 24.1 Å². The number of carbonyl (C=O) groups excluding carboxylic acids is 2. The third kappa shape index (κ3) is 2.92. The van der Waals surface area contributed by atoms with E-state index >= 15 is 0 Å². The fourth-order valence-corrected chi connectivity index (χ4v) is 4.64. The molecular weight excluding hydrogens is 350 g/mol. The predicted octanol–water partition coefficient (Wildman–Crippen LogP) is 1.91. The highest BCUT2D eigenvalue weighted by atomic mass is 16.5. The molecule has 8 heteroatoms. The van der Waals surface area contributed by atoms with E-state index in [0.29, 0.717) is 44.1 Å². The van der Waals surface area contributed by atoms with Gasteiger partial charge in [-0.15, -0.1) is 0 Å². The molecular formula is C19H25N3O5. The van der Waals surface area contributed by atoms with Crippen molar-refractivity contribution in [3.63, 3.8) is 0 Å². The quantitative estimate of drug-likeness (QED) is 0.734. The largest absolute Gasteiger partial charge is 0.466 e. The van der Waals surface area contributed by atoms with E-state index in [9.17, 15) is 9.59 Å². The number of esters is 1. The zero-order chi connectivity index (χ0) is 19.1. The van der Waals surface area contributed by atoms with E-state index in [1.54, 1.807) is 0 Å². The van der Waals surface area contributed by atoms with Crippen LogP contribution in [0.25, 0.3) is 5.57 Å². The molecule has 0 radical (unpaired) electrons. The summed E-state index contributed by atoms with van der Waals surface area (Å²) in [5.41, 5.74) is 3.13. The van der Waals surface area contributed by atoms with Gasteiger partial charge < -0.3 is 23.8 Å². The number of amides is 2. The standard InChI is InChI=1S/C19H25N3O5/c1-11-16(12(2)27-20-11)14-10-13-4-5-15(17(14)18(23)25-3)22(13)19(24)21-6-8-26-9-7-21/h13,15H,4-10H2,1-3H3/t13-,15+/m0/s1. The van der Waals surface area contributed by atoms with Crippen LogP contribution in [0, 0.1) is 13.8 Å². The molecule has 3 aliphatic rings. The van der Waals surface area contributed by atoms with Gasteiger partial charge in [0, 0.05) is 24.7 Å². The molecule has 2 fully saturated rings. The molecule has 8 nitrogen and oxygen atoms in total. The SMILES string of the molecule is COC(=O)C1=C(c2c(C)noc2C)C[C@@H]2CC[C@H]1N2C(=O)N1CCOCC1. The number of rotatable bonds is 2. The summed E-state index contributed by atoms with van der Waals surface area (Å²) >= 11 is 0. The van der Waals surface area contributed by atoms with Crippen LogP contribution in [0.4, 0.5) is 4.79 Å². The van der Waals surface area contributed by atoms with E-state index in [2.05, 4.69) is 5.16 Å². The van der Waals surface area contributed by atoms with Gasteiger partial charge >= 0.3 is 12.0 Å². The predicted molar refractivity (Wildman–Crippen MR) is 96.0 cm³/mol. The minimum Gasteiger partial charge on any atom is -0.466 e. The molecule has 2 saturated heterocycles. The lowest BCUT2D eigenvalue weighted by Gasteiger charge is -2.40. The molecule has 146 valence electrons. The second-order valence-corrected chi connectivity index (χ2v) is 7.32. The Morgan fingerprint density at radius 1 is 1.19 bits per heavy atom. The molecule has 4 rings (SSSR count). The Morgan fingerprint density at radius 2 is 1.93 bits per heavy atom. The van der Waals surface area contributed by atoms with Crippen LogP contribution in [0.3, 0.4) is 0 Å². The van der Waals surface area contributed by atoms with Gasteiger partial charge in [0.2, 0.25) is 0 Å². The smallest absolute Gasteiger partial charge is 0.336 e. The minimum atomic E-state index is -0.380. The number of aromatic nitrogens is 1. The molecule has 1 aromatic heterocycles. The van der Waals surface area contributed by atoms with Gasteiger partial charge in [-0.05, 0) is 38.7 Å². The first-order valence-corrected chi connectivity index (χ1v) is 9.42. The fraction of sp³-hybridized carbons (Fsp3) is 0.632. The topological polar surface area (TPSA) is 85.1 Å². The maximum absolute atomic E-state index is 13.2. The molecule has 0 aliphatic carbocycles. The van der Waals surface area contributed by atoms with Crippen LogP contribution < -0.4 is 0 Å².